The van der Waals surface area contributed by atoms with E-state index in [1.165, 1.54) is 48.9 Å². The van der Waals surface area contributed by atoms with E-state index in [9.17, 15) is 23.2 Å². The molecule has 1 unspecified atom stereocenters. The van der Waals surface area contributed by atoms with Crippen LogP contribution in [0.25, 0.3) is 0 Å². The number of benzene rings is 2. The standard InChI is InChI=1S/C23H27N3O8S/c1-3-4-14-32-19-10-12-20(13-11-19)35(30,31)26(2)21(22(27)25-29)17-6-8-18(9-7-17)33-15-5-16-34-23(24)28/h6-13,21,29H,5,14-16H2,1-2H3,(H2,24,28)(H,25,27). The third-order valence-electron chi connectivity index (χ3n) is 4.71. The maximum Gasteiger partial charge on any atom is 0.404 e. The topological polar surface area (TPSA) is 157 Å². The molecule has 11 nitrogen and oxygen atoms in total. The van der Waals surface area contributed by atoms with Crippen LogP contribution in [-0.4, -0.2) is 56.8 Å². The number of primary amides is 1. The molecule has 0 saturated heterocycles. The normalized spacial score (nSPS) is 11.7. The predicted molar refractivity (Wildman–Crippen MR) is 125 cm³/mol. The molecule has 2 aromatic rings. The minimum Gasteiger partial charge on any atom is -0.493 e. The number of likely N-dealkylation sites (N-methyl/N-ethyl adjacent to an activating group) is 1. The van der Waals surface area contributed by atoms with Crippen molar-refractivity contribution in [3.63, 3.8) is 0 Å². The van der Waals surface area contributed by atoms with Gasteiger partial charge in [-0.25, -0.2) is 18.7 Å². The van der Waals surface area contributed by atoms with E-state index in [4.69, 9.17) is 15.2 Å². The van der Waals surface area contributed by atoms with E-state index < -0.39 is 28.1 Å². The highest BCUT2D eigenvalue weighted by atomic mass is 32.2. The van der Waals surface area contributed by atoms with Crippen LogP contribution >= 0.6 is 0 Å². The van der Waals surface area contributed by atoms with Crippen molar-refractivity contribution in [3.8, 4) is 23.3 Å². The quantitative estimate of drug-likeness (QED) is 0.171. The van der Waals surface area contributed by atoms with E-state index >= 15 is 0 Å². The van der Waals surface area contributed by atoms with Crippen LogP contribution in [0.3, 0.4) is 0 Å². The van der Waals surface area contributed by atoms with Gasteiger partial charge >= 0.3 is 6.09 Å². The third-order valence-corrected chi connectivity index (χ3v) is 6.55. The molecule has 188 valence electrons. The fourth-order valence-corrected chi connectivity index (χ4v) is 4.27. The summed E-state index contributed by atoms with van der Waals surface area (Å²) in [5, 5.41) is 9.23. The average Bonchev–Trinajstić information content (AvgIpc) is 2.85. The van der Waals surface area contributed by atoms with Crippen LogP contribution in [0.5, 0.6) is 11.5 Å². The first kappa shape index (κ1) is 27.5. The fraction of sp³-hybridized carbons (Fsp3) is 0.304. The van der Waals surface area contributed by atoms with Gasteiger partial charge < -0.3 is 19.9 Å². The number of carbonyl (C=O) groups excluding carboxylic acids is 2. The molecule has 0 bridgehead atoms. The van der Waals surface area contributed by atoms with Gasteiger partial charge in [-0.2, -0.15) is 4.31 Å². The lowest BCUT2D eigenvalue weighted by Gasteiger charge is -2.26. The van der Waals surface area contributed by atoms with Crippen LogP contribution < -0.4 is 20.7 Å². The highest BCUT2D eigenvalue weighted by Gasteiger charge is 2.34. The molecular weight excluding hydrogens is 478 g/mol. The maximum atomic E-state index is 13.2. The summed E-state index contributed by atoms with van der Waals surface area (Å²) >= 11 is 0. The number of nitrogens with two attached hydrogens (primary N) is 1. The van der Waals surface area contributed by atoms with Crippen LogP contribution in [0.1, 0.15) is 24.9 Å². The molecule has 0 aliphatic carbocycles. The summed E-state index contributed by atoms with van der Waals surface area (Å²) in [7, 11) is -2.89. The van der Waals surface area contributed by atoms with Crippen molar-refractivity contribution in [1.29, 1.82) is 0 Å². The molecule has 0 aliphatic rings. The van der Waals surface area contributed by atoms with E-state index in [0.29, 0.717) is 23.5 Å². The van der Waals surface area contributed by atoms with Gasteiger partial charge in [-0.3, -0.25) is 10.0 Å². The first-order chi connectivity index (χ1) is 16.7. The van der Waals surface area contributed by atoms with E-state index in [1.54, 1.807) is 19.1 Å². The number of hydrogen-bond acceptors (Lipinski definition) is 8. The zero-order chi connectivity index (χ0) is 25.8. The van der Waals surface area contributed by atoms with Gasteiger partial charge in [0.25, 0.3) is 5.91 Å². The van der Waals surface area contributed by atoms with Crippen molar-refractivity contribution in [3.05, 3.63) is 54.1 Å². The number of hydrogen-bond donors (Lipinski definition) is 3. The minimum atomic E-state index is -4.13. The SMILES string of the molecule is CC#CCOc1ccc(S(=O)(=O)N(C)C(C(=O)NO)c2ccc(OCCCOC(N)=O)cc2)cc1. The summed E-state index contributed by atoms with van der Waals surface area (Å²) in [5.41, 5.74) is 6.69. The van der Waals surface area contributed by atoms with Crippen LogP contribution in [0.2, 0.25) is 0 Å². The largest absolute Gasteiger partial charge is 0.493 e. The number of hydroxylamine groups is 1. The highest BCUT2D eigenvalue weighted by molar-refractivity contribution is 7.89. The Bertz CT molecular complexity index is 1160. The number of nitrogens with zero attached hydrogens (tertiary/aromatic N) is 1. The van der Waals surface area contributed by atoms with Crippen LogP contribution in [-0.2, 0) is 19.6 Å². The zero-order valence-electron chi connectivity index (χ0n) is 19.3. The molecule has 2 aromatic carbocycles. The number of rotatable bonds is 12. The van der Waals surface area contributed by atoms with Crippen LogP contribution in [0, 0.1) is 11.8 Å². The number of carbonyl (C=O) groups is 2. The monoisotopic (exact) mass is 505 g/mol. The first-order valence-corrected chi connectivity index (χ1v) is 11.8. The summed E-state index contributed by atoms with van der Waals surface area (Å²) in [4.78, 5) is 22.9. The summed E-state index contributed by atoms with van der Waals surface area (Å²) in [5.74, 6) is 5.38. The molecule has 0 aliphatic heterocycles. The van der Waals surface area contributed by atoms with E-state index in [0.717, 1.165) is 4.31 Å². The molecule has 0 fully saturated rings. The summed E-state index contributed by atoms with van der Waals surface area (Å²) < 4.78 is 42.8. The maximum absolute atomic E-state index is 13.2. The third kappa shape index (κ3) is 7.89. The average molecular weight is 506 g/mol. The Labute approximate surface area is 203 Å². The Balaban J connectivity index is 2.16. The predicted octanol–water partition coefficient (Wildman–Crippen LogP) is 1.82. The molecule has 0 heterocycles. The molecule has 1 atom stereocenters. The van der Waals surface area contributed by atoms with Crippen molar-refractivity contribution in [2.75, 3.05) is 26.9 Å². The second-order valence-corrected chi connectivity index (χ2v) is 9.02. The molecular formula is C23H27N3O8S. The number of sulfonamides is 1. The minimum absolute atomic E-state index is 0.0669. The van der Waals surface area contributed by atoms with Crippen molar-refractivity contribution >= 4 is 22.0 Å². The summed E-state index contributed by atoms with van der Waals surface area (Å²) in [6, 6.07) is 10.4. The Kier molecular flexibility index (Phi) is 10.3. The van der Waals surface area contributed by atoms with Gasteiger partial charge in [0.05, 0.1) is 18.1 Å². The Hall–Kier alpha value is -3.79. The van der Waals surface area contributed by atoms with Crippen LogP contribution in [0.15, 0.2) is 53.4 Å². The summed E-state index contributed by atoms with van der Waals surface area (Å²) in [6.07, 6.45) is -0.454. The zero-order valence-corrected chi connectivity index (χ0v) is 20.1. The van der Waals surface area contributed by atoms with Crippen molar-refractivity contribution in [2.24, 2.45) is 5.73 Å². The Morgan fingerprint density at radius 2 is 1.66 bits per heavy atom. The fourth-order valence-electron chi connectivity index (χ4n) is 2.96. The van der Waals surface area contributed by atoms with Crippen molar-refractivity contribution < 1.29 is 37.4 Å². The second kappa shape index (κ2) is 13.2. The Morgan fingerprint density at radius 1 is 1.06 bits per heavy atom. The van der Waals surface area contributed by atoms with Crippen molar-refractivity contribution in [1.82, 2.24) is 9.79 Å². The molecule has 0 saturated carbocycles. The number of ether oxygens (including phenoxy) is 3. The van der Waals surface area contributed by atoms with Gasteiger partial charge in [-0.15, -0.1) is 5.92 Å². The smallest absolute Gasteiger partial charge is 0.404 e. The molecule has 35 heavy (non-hydrogen) atoms. The van der Waals surface area contributed by atoms with Crippen molar-refractivity contribution in [2.45, 2.75) is 24.3 Å². The lowest BCUT2D eigenvalue weighted by Crippen LogP contribution is -2.40. The lowest BCUT2D eigenvalue weighted by molar-refractivity contribution is -0.133. The van der Waals surface area contributed by atoms with Gasteiger partial charge in [0.15, 0.2) is 0 Å². The van der Waals surface area contributed by atoms with Gasteiger partial charge in [-0.1, -0.05) is 18.1 Å². The molecule has 12 heteroatoms. The number of amides is 2. The van der Waals surface area contributed by atoms with E-state index in [1.807, 2.05) is 0 Å². The second-order valence-electron chi connectivity index (χ2n) is 7.03. The molecule has 0 aromatic heterocycles. The Morgan fingerprint density at radius 3 is 2.23 bits per heavy atom. The van der Waals surface area contributed by atoms with Crippen LogP contribution in [0.4, 0.5) is 4.79 Å². The van der Waals surface area contributed by atoms with E-state index in [2.05, 4.69) is 16.6 Å². The molecule has 2 amide bonds. The highest BCUT2D eigenvalue weighted by Crippen LogP contribution is 2.28. The van der Waals surface area contributed by atoms with Gasteiger partial charge in [-0.05, 0) is 48.9 Å². The van der Waals surface area contributed by atoms with Gasteiger partial charge in [0, 0.05) is 13.5 Å². The number of nitrogens with one attached hydrogen (secondary N) is 1. The van der Waals surface area contributed by atoms with Gasteiger partial charge in [0.2, 0.25) is 10.0 Å². The molecule has 0 radical (unpaired) electrons. The molecule has 4 N–H and O–H groups in total. The van der Waals surface area contributed by atoms with Gasteiger partial charge in [0.1, 0.15) is 24.1 Å². The molecule has 0 spiro atoms. The first-order valence-electron chi connectivity index (χ1n) is 10.4. The molecule has 2 rings (SSSR count). The van der Waals surface area contributed by atoms with E-state index in [-0.39, 0.29) is 24.7 Å². The summed E-state index contributed by atoms with van der Waals surface area (Å²) in [6.45, 7) is 2.20. The lowest BCUT2D eigenvalue weighted by atomic mass is 10.1.